The van der Waals surface area contributed by atoms with Crippen molar-refractivity contribution in [3.8, 4) is 5.75 Å². The third-order valence-electron chi connectivity index (χ3n) is 2.93. The maximum atomic E-state index is 11.0. The molecular formula is C14H14BrClN2O2. The van der Waals surface area contributed by atoms with Crippen LogP contribution in [0.1, 0.15) is 28.7 Å². The van der Waals surface area contributed by atoms with E-state index >= 15 is 0 Å². The van der Waals surface area contributed by atoms with Crippen molar-refractivity contribution in [1.82, 2.24) is 9.78 Å². The normalized spacial score (nSPS) is 10.6. The number of nitrogens with zero attached hydrogens (tertiary/aromatic N) is 2. The molecule has 0 aliphatic heterocycles. The predicted molar refractivity (Wildman–Crippen MR) is 81.5 cm³/mol. The van der Waals surface area contributed by atoms with E-state index in [1.54, 1.807) is 18.2 Å². The minimum atomic E-state index is 0.292. The number of aldehydes is 1. The lowest BCUT2D eigenvalue weighted by Crippen LogP contribution is -2.07. The van der Waals surface area contributed by atoms with Crippen molar-refractivity contribution in [2.75, 3.05) is 0 Å². The van der Waals surface area contributed by atoms with Gasteiger partial charge in [-0.15, -0.1) is 0 Å². The van der Waals surface area contributed by atoms with Gasteiger partial charge in [-0.05, 0) is 41.9 Å². The average Bonchev–Trinajstić information content (AvgIpc) is 2.72. The van der Waals surface area contributed by atoms with Gasteiger partial charge in [-0.25, -0.2) is 0 Å². The molecule has 0 bridgehead atoms. The Hall–Kier alpha value is -1.33. The summed E-state index contributed by atoms with van der Waals surface area (Å²) in [5.74, 6) is 0.401. The Morgan fingerprint density at radius 1 is 1.50 bits per heavy atom. The van der Waals surface area contributed by atoms with Gasteiger partial charge >= 0.3 is 0 Å². The first-order chi connectivity index (χ1) is 9.58. The van der Waals surface area contributed by atoms with E-state index in [9.17, 15) is 4.79 Å². The van der Waals surface area contributed by atoms with Crippen LogP contribution in [0.25, 0.3) is 0 Å². The Balaban J connectivity index is 2.28. The van der Waals surface area contributed by atoms with Crippen LogP contribution < -0.4 is 4.74 Å². The first-order valence-corrected chi connectivity index (χ1v) is 7.33. The van der Waals surface area contributed by atoms with E-state index in [-0.39, 0.29) is 0 Å². The molecule has 0 saturated heterocycles. The van der Waals surface area contributed by atoms with Crippen molar-refractivity contribution in [2.24, 2.45) is 0 Å². The molecule has 20 heavy (non-hydrogen) atoms. The van der Waals surface area contributed by atoms with E-state index in [1.165, 1.54) is 0 Å². The van der Waals surface area contributed by atoms with Gasteiger partial charge in [0.2, 0.25) is 0 Å². The highest BCUT2D eigenvalue weighted by Crippen LogP contribution is 2.29. The fourth-order valence-electron chi connectivity index (χ4n) is 1.92. The zero-order valence-corrected chi connectivity index (χ0v) is 13.5. The fraction of sp³-hybridized carbons (Fsp3) is 0.286. The fourth-order valence-corrected chi connectivity index (χ4v) is 2.55. The topological polar surface area (TPSA) is 44.1 Å². The number of carbonyl (C=O) groups excluding carboxylic acids is 1. The number of aryl methyl sites for hydroxylation is 2. The van der Waals surface area contributed by atoms with Crippen LogP contribution in [0, 0.1) is 6.92 Å². The Morgan fingerprint density at radius 2 is 2.25 bits per heavy atom. The number of ether oxygens (including phenoxy) is 1. The number of benzene rings is 1. The van der Waals surface area contributed by atoms with E-state index in [4.69, 9.17) is 16.3 Å². The molecule has 1 aromatic carbocycles. The van der Waals surface area contributed by atoms with Crippen LogP contribution in [0.2, 0.25) is 5.02 Å². The molecule has 0 amide bonds. The molecule has 2 aromatic rings. The Bertz CT molecular complexity index is 640. The van der Waals surface area contributed by atoms with E-state index in [0.717, 1.165) is 28.7 Å². The average molecular weight is 358 g/mol. The molecule has 0 saturated carbocycles. The van der Waals surface area contributed by atoms with Gasteiger partial charge in [-0.1, -0.05) is 17.7 Å². The molecule has 0 aliphatic rings. The second kappa shape index (κ2) is 6.41. The van der Waals surface area contributed by atoms with Gasteiger partial charge in [-0.3, -0.25) is 9.48 Å². The molecule has 4 nitrogen and oxygen atoms in total. The molecule has 1 heterocycles. The maximum absolute atomic E-state index is 11.0. The first kappa shape index (κ1) is 15.1. The molecule has 0 radical (unpaired) electrons. The van der Waals surface area contributed by atoms with Crippen LogP contribution in [0.15, 0.2) is 22.7 Å². The number of hydrogen-bond donors (Lipinski definition) is 0. The first-order valence-electron chi connectivity index (χ1n) is 6.16. The molecule has 0 unspecified atom stereocenters. The smallest absolute Gasteiger partial charge is 0.153 e. The van der Waals surface area contributed by atoms with Crippen LogP contribution in [0.5, 0.6) is 5.75 Å². The van der Waals surface area contributed by atoms with Gasteiger partial charge in [0, 0.05) is 6.54 Å². The summed E-state index contributed by atoms with van der Waals surface area (Å²) in [6.07, 6.45) is 0.735. The monoisotopic (exact) mass is 356 g/mol. The summed E-state index contributed by atoms with van der Waals surface area (Å²) in [7, 11) is 0. The van der Waals surface area contributed by atoms with Gasteiger partial charge in [0.15, 0.2) is 6.29 Å². The standard InChI is InChI=1S/C14H14BrClN2O2/c1-3-18-12(13(15)9(2)17-18)8-20-14-10(7-19)5-4-6-11(14)16/h4-7H,3,8H2,1-2H3. The van der Waals surface area contributed by atoms with Crippen LogP contribution in [-0.4, -0.2) is 16.1 Å². The number of halogens is 2. The minimum Gasteiger partial charge on any atom is -0.485 e. The summed E-state index contributed by atoms with van der Waals surface area (Å²) in [6, 6.07) is 5.09. The van der Waals surface area contributed by atoms with Gasteiger partial charge in [0.05, 0.1) is 26.4 Å². The highest BCUT2D eigenvalue weighted by atomic mass is 79.9. The van der Waals surface area contributed by atoms with Gasteiger partial charge < -0.3 is 4.74 Å². The highest BCUT2D eigenvalue weighted by Gasteiger charge is 2.14. The van der Waals surface area contributed by atoms with Crippen molar-refractivity contribution < 1.29 is 9.53 Å². The molecule has 106 valence electrons. The molecule has 0 N–H and O–H groups in total. The summed E-state index contributed by atoms with van der Waals surface area (Å²) < 4.78 is 8.50. The highest BCUT2D eigenvalue weighted by molar-refractivity contribution is 9.10. The maximum Gasteiger partial charge on any atom is 0.153 e. The number of aromatic nitrogens is 2. The van der Waals surface area contributed by atoms with Crippen molar-refractivity contribution in [3.05, 3.63) is 44.6 Å². The van der Waals surface area contributed by atoms with Gasteiger partial charge in [-0.2, -0.15) is 5.10 Å². The second-order valence-corrected chi connectivity index (χ2v) is 5.43. The Labute approximate surface area is 130 Å². The van der Waals surface area contributed by atoms with Crippen LogP contribution in [-0.2, 0) is 13.2 Å². The van der Waals surface area contributed by atoms with Crippen LogP contribution in [0.4, 0.5) is 0 Å². The van der Waals surface area contributed by atoms with Crippen LogP contribution >= 0.6 is 27.5 Å². The van der Waals surface area contributed by atoms with Gasteiger partial charge in [0.1, 0.15) is 12.4 Å². The molecule has 2 rings (SSSR count). The van der Waals surface area contributed by atoms with Crippen molar-refractivity contribution in [1.29, 1.82) is 0 Å². The van der Waals surface area contributed by atoms with Crippen molar-refractivity contribution in [2.45, 2.75) is 27.0 Å². The second-order valence-electron chi connectivity index (χ2n) is 4.23. The zero-order valence-electron chi connectivity index (χ0n) is 11.2. The summed E-state index contributed by atoms with van der Waals surface area (Å²) in [5.41, 5.74) is 2.26. The Morgan fingerprint density at radius 3 is 2.90 bits per heavy atom. The van der Waals surface area contributed by atoms with Crippen molar-refractivity contribution >= 4 is 33.8 Å². The lowest BCUT2D eigenvalue weighted by atomic mass is 10.2. The molecule has 0 fully saturated rings. The summed E-state index contributed by atoms with van der Waals surface area (Å²) in [6.45, 7) is 4.97. The lowest BCUT2D eigenvalue weighted by molar-refractivity contribution is 0.111. The van der Waals surface area contributed by atoms with Crippen molar-refractivity contribution in [3.63, 3.8) is 0 Å². The van der Waals surface area contributed by atoms with E-state index in [1.807, 2.05) is 18.5 Å². The molecular weight excluding hydrogens is 344 g/mol. The van der Waals surface area contributed by atoms with Gasteiger partial charge in [0.25, 0.3) is 0 Å². The summed E-state index contributed by atoms with van der Waals surface area (Å²) in [4.78, 5) is 11.0. The lowest BCUT2D eigenvalue weighted by Gasteiger charge is -2.11. The largest absolute Gasteiger partial charge is 0.485 e. The van der Waals surface area contributed by atoms with E-state index in [2.05, 4.69) is 21.0 Å². The summed E-state index contributed by atoms with van der Waals surface area (Å²) >= 11 is 9.58. The molecule has 0 spiro atoms. The third-order valence-corrected chi connectivity index (χ3v) is 4.26. The van der Waals surface area contributed by atoms with Crippen LogP contribution in [0.3, 0.4) is 0 Å². The SMILES string of the molecule is CCn1nc(C)c(Br)c1COc1c(Cl)cccc1C=O. The zero-order chi connectivity index (χ0) is 14.7. The molecule has 0 aliphatic carbocycles. The van der Waals surface area contributed by atoms with E-state index in [0.29, 0.717) is 22.9 Å². The molecule has 1 aromatic heterocycles. The number of para-hydroxylation sites is 1. The summed E-state index contributed by atoms with van der Waals surface area (Å²) in [5, 5.41) is 4.81. The third kappa shape index (κ3) is 2.88. The quantitative estimate of drug-likeness (QED) is 0.759. The number of rotatable bonds is 5. The minimum absolute atomic E-state index is 0.292. The number of carbonyl (C=O) groups is 1. The number of hydrogen-bond acceptors (Lipinski definition) is 3. The predicted octanol–water partition coefficient (Wildman–Crippen LogP) is 4.02. The van der Waals surface area contributed by atoms with E-state index < -0.39 is 0 Å². The molecule has 0 atom stereocenters. The molecule has 6 heteroatoms. The Kier molecular flexibility index (Phi) is 4.83.